The molecular weight excluding hydrogens is 432 g/mol. The lowest BCUT2D eigenvalue weighted by Gasteiger charge is -2.29. The van der Waals surface area contributed by atoms with Crippen molar-refractivity contribution in [1.29, 1.82) is 0 Å². The summed E-state index contributed by atoms with van der Waals surface area (Å²) in [5, 5.41) is 18.8. The lowest BCUT2D eigenvalue weighted by molar-refractivity contribution is -0.139. The van der Waals surface area contributed by atoms with Crippen LogP contribution in [0.3, 0.4) is 0 Å². The summed E-state index contributed by atoms with van der Waals surface area (Å²) in [5.41, 5.74) is 1.54. The van der Waals surface area contributed by atoms with Crippen LogP contribution in [0, 0.1) is 0 Å². The van der Waals surface area contributed by atoms with Crippen molar-refractivity contribution in [3.05, 3.63) is 71.8 Å². The van der Waals surface area contributed by atoms with E-state index in [1.807, 2.05) is 72.4 Å². The maximum Gasteiger partial charge on any atom is 0.304 e. The normalized spacial score (nSPS) is 14.8. The molecule has 33 heavy (non-hydrogen) atoms. The van der Waals surface area contributed by atoms with Crippen LogP contribution in [0.1, 0.15) is 76.3 Å². The molecule has 0 fully saturated rings. The Morgan fingerprint density at radius 1 is 0.667 bits per heavy atom. The van der Waals surface area contributed by atoms with E-state index < -0.39 is 11.9 Å². The van der Waals surface area contributed by atoms with Crippen molar-refractivity contribution in [3.63, 3.8) is 0 Å². The SMILES string of the molecule is CC(CCCCSCCCCC(C)(CC(=O)O)c1ccccc1)(CC(=O)O)c1ccccc1. The third-order valence-corrected chi connectivity index (χ3v) is 7.71. The first kappa shape index (κ1) is 27.0. The van der Waals surface area contributed by atoms with Crippen LogP contribution in [-0.4, -0.2) is 33.7 Å². The zero-order chi connectivity index (χ0) is 24.2. The summed E-state index contributed by atoms with van der Waals surface area (Å²) in [5.74, 6) is 0.647. The van der Waals surface area contributed by atoms with Crippen LogP contribution in [0.2, 0.25) is 0 Å². The zero-order valence-electron chi connectivity index (χ0n) is 20.0. The fourth-order valence-corrected chi connectivity index (χ4v) is 5.58. The number of aliphatic carboxylic acids is 2. The highest BCUT2D eigenvalue weighted by Gasteiger charge is 2.30. The van der Waals surface area contributed by atoms with Crippen LogP contribution in [0.25, 0.3) is 0 Å². The van der Waals surface area contributed by atoms with Crippen LogP contribution >= 0.6 is 11.8 Å². The summed E-state index contributed by atoms with van der Waals surface area (Å²) >= 11 is 1.94. The Kier molecular flexibility index (Phi) is 11.0. The molecule has 0 amide bonds. The van der Waals surface area contributed by atoms with Crippen LogP contribution in [0.5, 0.6) is 0 Å². The Morgan fingerprint density at radius 2 is 1.03 bits per heavy atom. The van der Waals surface area contributed by atoms with E-state index in [1.165, 1.54) is 0 Å². The van der Waals surface area contributed by atoms with Gasteiger partial charge in [0.1, 0.15) is 0 Å². The number of hydrogen-bond acceptors (Lipinski definition) is 3. The van der Waals surface area contributed by atoms with Crippen molar-refractivity contribution in [3.8, 4) is 0 Å². The molecule has 4 nitrogen and oxygen atoms in total. The maximum atomic E-state index is 11.4. The van der Waals surface area contributed by atoms with Gasteiger partial charge in [0.15, 0.2) is 0 Å². The number of carboxylic acids is 2. The molecule has 0 aliphatic rings. The molecule has 0 heterocycles. The van der Waals surface area contributed by atoms with E-state index >= 15 is 0 Å². The van der Waals surface area contributed by atoms with E-state index in [-0.39, 0.29) is 23.7 Å². The molecule has 2 rings (SSSR count). The quantitative estimate of drug-likeness (QED) is 0.260. The average molecular weight is 471 g/mol. The van der Waals surface area contributed by atoms with Crippen LogP contribution in [-0.2, 0) is 20.4 Å². The van der Waals surface area contributed by atoms with Gasteiger partial charge in [-0.25, -0.2) is 0 Å². The molecule has 180 valence electrons. The van der Waals surface area contributed by atoms with Gasteiger partial charge in [0.25, 0.3) is 0 Å². The van der Waals surface area contributed by atoms with E-state index in [0.717, 1.165) is 61.2 Å². The Hall–Kier alpha value is -2.27. The van der Waals surface area contributed by atoms with Crippen LogP contribution in [0.4, 0.5) is 0 Å². The number of carbonyl (C=O) groups is 2. The third-order valence-electron chi connectivity index (χ3n) is 6.56. The van der Waals surface area contributed by atoms with Gasteiger partial charge in [-0.2, -0.15) is 11.8 Å². The van der Waals surface area contributed by atoms with Gasteiger partial charge >= 0.3 is 11.9 Å². The molecule has 2 atom stereocenters. The molecule has 0 radical (unpaired) electrons. The zero-order valence-corrected chi connectivity index (χ0v) is 20.8. The largest absolute Gasteiger partial charge is 0.481 e. The summed E-state index contributed by atoms with van der Waals surface area (Å²) in [6, 6.07) is 20.0. The maximum absolute atomic E-state index is 11.4. The summed E-state index contributed by atoms with van der Waals surface area (Å²) in [4.78, 5) is 22.8. The molecule has 2 aromatic rings. The molecule has 0 aliphatic carbocycles. The molecule has 0 aromatic heterocycles. The molecule has 0 spiro atoms. The number of rotatable bonds is 16. The van der Waals surface area contributed by atoms with Gasteiger partial charge in [-0.05, 0) is 48.3 Å². The van der Waals surface area contributed by atoms with Crippen molar-refractivity contribution in [2.75, 3.05) is 11.5 Å². The second-order valence-electron chi connectivity index (χ2n) is 9.52. The number of thioether (sulfide) groups is 1. The number of hydrogen-bond donors (Lipinski definition) is 2. The van der Waals surface area contributed by atoms with Gasteiger partial charge < -0.3 is 10.2 Å². The second kappa shape index (κ2) is 13.4. The van der Waals surface area contributed by atoms with Gasteiger partial charge in [0, 0.05) is 10.8 Å². The minimum absolute atomic E-state index is 0.153. The van der Waals surface area contributed by atoms with E-state index in [0.29, 0.717) is 0 Å². The topological polar surface area (TPSA) is 74.6 Å². The summed E-state index contributed by atoms with van der Waals surface area (Å²) < 4.78 is 0. The smallest absolute Gasteiger partial charge is 0.304 e. The first-order valence-corrected chi connectivity index (χ1v) is 13.0. The van der Waals surface area contributed by atoms with Crippen molar-refractivity contribution in [2.24, 2.45) is 0 Å². The first-order valence-electron chi connectivity index (χ1n) is 11.9. The van der Waals surface area contributed by atoms with Crippen molar-refractivity contribution < 1.29 is 19.8 Å². The molecule has 0 aliphatic heterocycles. The predicted octanol–water partition coefficient (Wildman–Crippen LogP) is 6.93. The van der Waals surface area contributed by atoms with Gasteiger partial charge in [-0.3, -0.25) is 9.59 Å². The molecule has 2 unspecified atom stereocenters. The summed E-state index contributed by atoms with van der Waals surface area (Å²) in [7, 11) is 0. The molecular formula is C28H38O4S. The van der Waals surface area contributed by atoms with Gasteiger partial charge in [-0.1, -0.05) is 87.4 Å². The third kappa shape index (κ3) is 9.24. The average Bonchev–Trinajstić information content (AvgIpc) is 2.78. The highest BCUT2D eigenvalue weighted by Crippen LogP contribution is 2.34. The molecule has 5 heteroatoms. The minimum atomic E-state index is -0.749. The molecule has 2 N–H and O–H groups in total. The fourth-order valence-electron chi connectivity index (χ4n) is 4.56. The Balaban J connectivity index is 1.69. The number of unbranched alkanes of at least 4 members (excludes halogenated alkanes) is 2. The molecule has 0 bridgehead atoms. The predicted molar refractivity (Wildman–Crippen MR) is 137 cm³/mol. The highest BCUT2D eigenvalue weighted by molar-refractivity contribution is 7.99. The highest BCUT2D eigenvalue weighted by atomic mass is 32.2. The lowest BCUT2D eigenvalue weighted by atomic mass is 9.75. The summed E-state index contributed by atoms with van der Waals surface area (Å²) in [6.45, 7) is 4.12. The van der Waals surface area contributed by atoms with Gasteiger partial charge in [-0.15, -0.1) is 0 Å². The number of carboxylic acid groups (broad SMARTS) is 2. The first-order chi connectivity index (χ1) is 15.8. The van der Waals surface area contributed by atoms with Gasteiger partial charge in [0.2, 0.25) is 0 Å². The second-order valence-corrected chi connectivity index (χ2v) is 10.7. The van der Waals surface area contributed by atoms with E-state index in [2.05, 4.69) is 13.8 Å². The Labute approximate surface area is 202 Å². The Morgan fingerprint density at radius 3 is 1.36 bits per heavy atom. The van der Waals surface area contributed by atoms with Crippen LogP contribution < -0.4 is 0 Å². The molecule has 2 aromatic carbocycles. The fraction of sp³-hybridized carbons (Fsp3) is 0.500. The lowest BCUT2D eigenvalue weighted by Crippen LogP contribution is -2.26. The van der Waals surface area contributed by atoms with Crippen molar-refractivity contribution >= 4 is 23.7 Å². The monoisotopic (exact) mass is 470 g/mol. The standard InChI is InChI=1S/C28H38O4S/c1-27(21-25(29)30,23-13-5-3-6-14-23)17-9-11-19-33-20-12-10-18-28(2,22-26(31)32)24-15-7-4-8-16-24/h3-8,13-16H,9-12,17-22H2,1-2H3,(H,29,30)(H,31,32). The van der Waals surface area contributed by atoms with Crippen LogP contribution in [0.15, 0.2) is 60.7 Å². The van der Waals surface area contributed by atoms with Gasteiger partial charge in [0.05, 0.1) is 12.8 Å². The van der Waals surface area contributed by atoms with E-state index in [4.69, 9.17) is 0 Å². The molecule has 0 saturated carbocycles. The van der Waals surface area contributed by atoms with E-state index in [1.54, 1.807) is 0 Å². The molecule has 0 saturated heterocycles. The number of benzene rings is 2. The van der Waals surface area contributed by atoms with Crippen molar-refractivity contribution in [2.45, 2.75) is 76.0 Å². The van der Waals surface area contributed by atoms with E-state index in [9.17, 15) is 19.8 Å². The van der Waals surface area contributed by atoms with Crippen molar-refractivity contribution in [1.82, 2.24) is 0 Å². The Bertz CT molecular complexity index is 783. The minimum Gasteiger partial charge on any atom is -0.481 e. The summed E-state index contributed by atoms with van der Waals surface area (Å²) in [6.07, 6.45) is 6.22.